The summed E-state index contributed by atoms with van der Waals surface area (Å²) in [6, 6.07) is 1.78. The number of nitrogens with zero attached hydrogens (tertiary/aromatic N) is 5. The Morgan fingerprint density at radius 1 is 1.29 bits per heavy atom. The number of methoxy groups -OCH3 is 1. The summed E-state index contributed by atoms with van der Waals surface area (Å²) in [5, 5.41) is 1.97. The fourth-order valence-corrected chi connectivity index (χ4v) is 5.65. The molecule has 0 saturated carbocycles. The molecule has 4 rings (SSSR count). The van der Waals surface area contributed by atoms with Crippen LogP contribution < -0.4 is 9.64 Å². The van der Waals surface area contributed by atoms with Gasteiger partial charge in [-0.1, -0.05) is 0 Å². The van der Waals surface area contributed by atoms with Gasteiger partial charge in [-0.25, -0.2) is 27.7 Å². The normalized spacial score (nSPS) is 15.1. The van der Waals surface area contributed by atoms with Crippen molar-refractivity contribution >= 4 is 53.5 Å². The van der Waals surface area contributed by atoms with Crippen molar-refractivity contribution in [3.63, 3.8) is 0 Å². The lowest BCUT2D eigenvalue weighted by molar-refractivity contribution is 0.122. The maximum atomic E-state index is 12.5. The molecule has 0 amide bonds. The van der Waals surface area contributed by atoms with Crippen molar-refractivity contribution < 1.29 is 17.9 Å². The zero-order chi connectivity index (χ0) is 22.2. The summed E-state index contributed by atoms with van der Waals surface area (Å²) in [4.78, 5) is 16.1. The molecule has 1 fully saturated rings. The molecule has 166 valence electrons. The monoisotopic (exact) mass is 527 g/mol. The largest absolute Gasteiger partial charge is 0.481 e. The van der Waals surface area contributed by atoms with E-state index in [4.69, 9.17) is 19.4 Å². The van der Waals surface area contributed by atoms with Crippen LogP contribution in [0.25, 0.3) is 21.5 Å². The predicted octanol–water partition coefficient (Wildman–Crippen LogP) is 2.75. The fourth-order valence-electron chi connectivity index (χ4n) is 3.22. The highest BCUT2D eigenvalue weighted by Gasteiger charge is 2.23. The first-order valence-electron chi connectivity index (χ1n) is 9.51. The van der Waals surface area contributed by atoms with Gasteiger partial charge in [-0.15, -0.1) is 11.3 Å². The number of morpholine rings is 1. The van der Waals surface area contributed by atoms with Crippen molar-refractivity contribution in [2.45, 2.75) is 5.75 Å². The van der Waals surface area contributed by atoms with E-state index in [2.05, 4.69) is 25.8 Å². The summed E-state index contributed by atoms with van der Waals surface area (Å²) < 4.78 is 38.7. The molecule has 3 aromatic heterocycles. The molecule has 12 heteroatoms. The minimum atomic E-state index is -3.49. The van der Waals surface area contributed by atoms with E-state index in [9.17, 15) is 8.42 Å². The summed E-state index contributed by atoms with van der Waals surface area (Å²) >= 11 is 5.11. The summed E-state index contributed by atoms with van der Waals surface area (Å²) in [7, 11) is 0.992. The fraction of sp³-hybridized carbons (Fsp3) is 0.421. The van der Waals surface area contributed by atoms with Crippen LogP contribution in [0.5, 0.6) is 5.88 Å². The number of sulfonamides is 1. The first kappa shape index (κ1) is 22.3. The highest BCUT2D eigenvalue weighted by atomic mass is 79.9. The number of anilines is 1. The minimum Gasteiger partial charge on any atom is -0.481 e. The average Bonchev–Trinajstić information content (AvgIpc) is 3.14. The molecule has 0 radical (unpaired) electrons. The van der Waals surface area contributed by atoms with Crippen LogP contribution >= 0.6 is 27.3 Å². The molecule has 1 saturated heterocycles. The van der Waals surface area contributed by atoms with E-state index in [-0.39, 0.29) is 11.6 Å². The standard InChI is InChI=1S/C19H22BrN5O4S2/c1-24(2)31(26,27)11-13-8-12(9-21-18(13)28-3)15-17-16(14(20)10-30-17)23-19(22-15)25-4-6-29-7-5-25/h8-10H,4-7,11H2,1-3H3. The number of pyridine rings is 1. The Kier molecular flexibility index (Phi) is 6.44. The molecule has 9 nitrogen and oxygen atoms in total. The summed E-state index contributed by atoms with van der Waals surface area (Å²) in [6.07, 6.45) is 1.66. The van der Waals surface area contributed by atoms with Crippen molar-refractivity contribution in [2.75, 3.05) is 52.4 Å². The first-order valence-corrected chi connectivity index (χ1v) is 12.8. The third-order valence-corrected chi connectivity index (χ3v) is 8.61. The van der Waals surface area contributed by atoms with Gasteiger partial charge in [0.05, 0.1) is 40.9 Å². The Hall–Kier alpha value is -1.86. The van der Waals surface area contributed by atoms with Crippen LogP contribution in [0, 0.1) is 0 Å². The Balaban J connectivity index is 1.85. The number of fused-ring (bicyclic) bond motifs is 1. The van der Waals surface area contributed by atoms with Gasteiger partial charge in [0.2, 0.25) is 21.9 Å². The van der Waals surface area contributed by atoms with Crippen LogP contribution in [0.2, 0.25) is 0 Å². The smallest absolute Gasteiger partial charge is 0.226 e. The van der Waals surface area contributed by atoms with Crippen molar-refractivity contribution in [3.8, 4) is 17.1 Å². The molecular formula is C19H22BrN5O4S2. The lowest BCUT2D eigenvalue weighted by atomic mass is 10.1. The third-order valence-electron chi connectivity index (χ3n) is 4.94. The number of hydrogen-bond donors (Lipinski definition) is 0. The molecule has 0 N–H and O–H groups in total. The summed E-state index contributed by atoms with van der Waals surface area (Å²) in [5.74, 6) is 0.673. The summed E-state index contributed by atoms with van der Waals surface area (Å²) in [6.45, 7) is 2.66. The molecule has 1 aliphatic rings. The molecule has 0 atom stereocenters. The second-order valence-electron chi connectivity index (χ2n) is 7.16. The lowest BCUT2D eigenvalue weighted by Gasteiger charge is -2.27. The predicted molar refractivity (Wildman–Crippen MR) is 124 cm³/mol. The van der Waals surface area contributed by atoms with Gasteiger partial charge in [0.25, 0.3) is 0 Å². The molecule has 4 heterocycles. The van der Waals surface area contributed by atoms with Gasteiger partial charge in [0, 0.05) is 49.9 Å². The zero-order valence-electron chi connectivity index (χ0n) is 17.3. The second kappa shape index (κ2) is 8.94. The zero-order valence-corrected chi connectivity index (χ0v) is 20.6. The maximum Gasteiger partial charge on any atom is 0.226 e. The van der Waals surface area contributed by atoms with Crippen LogP contribution in [0.15, 0.2) is 22.1 Å². The number of ether oxygens (including phenoxy) is 2. The average molecular weight is 528 g/mol. The molecular weight excluding hydrogens is 506 g/mol. The van der Waals surface area contributed by atoms with Gasteiger partial charge in [0.1, 0.15) is 5.52 Å². The molecule has 1 aliphatic heterocycles. The quantitative estimate of drug-likeness (QED) is 0.482. The minimum absolute atomic E-state index is 0.220. The van der Waals surface area contributed by atoms with Crippen LogP contribution in [-0.2, 0) is 20.5 Å². The van der Waals surface area contributed by atoms with Crippen LogP contribution in [-0.4, -0.2) is 75.2 Å². The molecule has 0 unspecified atom stereocenters. The Morgan fingerprint density at radius 3 is 2.71 bits per heavy atom. The van der Waals surface area contributed by atoms with Crippen molar-refractivity contribution in [1.29, 1.82) is 0 Å². The van der Waals surface area contributed by atoms with Gasteiger partial charge in [-0.2, -0.15) is 0 Å². The van der Waals surface area contributed by atoms with E-state index >= 15 is 0 Å². The van der Waals surface area contributed by atoms with E-state index in [1.54, 1.807) is 12.3 Å². The van der Waals surface area contributed by atoms with Gasteiger partial charge < -0.3 is 14.4 Å². The SMILES string of the molecule is COc1ncc(-c2nc(N3CCOCC3)nc3c(Br)csc23)cc1CS(=O)(=O)N(C)C. The highest BCUT2D eigenvalue weighted by molar-refractivity contribution is 9.10. The molecule has 0 aromatic carbocycles. The Labute approximate surface area is 193 Å². The van der Waals surface area contributed by atoms with E-state index in [1.165, 1.54) is 36.8 Å². The van der Waals surface area contributed by atoms with E-state index in [0.29, 0.717) is 49.1 Å². The number of rotatable bonds is 6. The van der Waals surface area contributed by atoms with Crippen LogP contribution in [0.4, 0.5) is 5.95 Å². The van der Waals surface area contributed by atoms with Crippen molar-refractivity contribution in [1.82, 2.24) is 19.3 Å². The third kappa shape index (κ3) is 4.53. The van der Waals surface area contributed by atoms with E-state index in [1.807, 2.05) is 5.38 Å². The van der Waals surface area contributed by atoms with Gasteiger partial charge >= 0.3 is 0 Å². The summed E-state index contributed by atoms with van der Waals surface area (Å²) in [5.41, 5.74) is 2.71. The molecule has 0 aliphatic carbocycles. The number of thiophene rings is 1. The second-order valence-corrected chi connectivity index (χ2v) is 11.1. The Morgan fingerprint density at radius 2 is 2.03 bits per heavy atom. The van der Waals surface area contributed by atoms with Crippen LogP contribution in [0.3, 0.4) is 0 Å². The van der Waals surface area contributed by atoms with E-state index in [0.717, 1.165) is 14.7 Å². The number of aromatic nitrogens is 3. The van der Waals surface area contributed by atoms with Gasteiger partial charge in [-0.3, -0.25) is 0 Å². The van der Waals surface area contributed by atoms with Gasteiger partial charge in [0.15, 0.2) is 0 Å². The van der Waals surface area contributed by atoms with Crippen molar-refractivity contribution in [2.24, 2.45) is 0 Å². The molecule has 0 bridgehead atoms. The lowest BCUT2D eigenvalue weighted by Crippen LogP contribution is -2.37. The van der Waals surface area contributed by atoms with E-state index < -0.39 is 10.0 Å². The van der Waals surface area contributed by atoms with Crippen LogP contribution in [0.1, 0.15) is 5.56 Å². The first-order chi connectivity index (χ1) is 14.8. The van der Waals surface area contributed by atoms with Gasteiger partial charge in [-0.05, 0) is 22.0 Å². The number of halogens is 1. The molecule has 3 aromatic rings. The molecule has 0 spiro atoms. The Bertz CT molecular complexity index is 1210. The number of hydrogen-bond acceptors (Lipinski definition) is 9. The highest BCUT2D eigenvalue weighted by Crippen LogP contribution is 2.37. The molecule has 31 heavy (non-hydrogen) atoms. The maximum absolute atomic E-state index is 12.5. The van der Waals surface area contributed by atoms with Crippen molar-refractivity contribution in [3.05, 3.63) is 27.7 Å². The topological polar surface area (TPSA) is 97.7 Å².